The van der Waals surface area contributed by atoms with E-state index >= 15 is 0 Å². The number of anilines is 1. The van der Waals surface area contributed by atoms with Crippen LogP contribution in [0.3, 0.4) is 0 Å². The fourth-order valence-electron chi connectivity index (χ4n) is 4.01. The molecular weight excluding hydrogens is 410 g/mol. The minimum absolute atomic E-state index is 0.380. The minimum atomic E-state index is 0.380. The van der Waals surface area contributed by atoms with Crippen LogP contribution in [0.4, 0.5) is 5.69 Å². The zero-order valence-corrected chi connectivity index (χ0v) is 19.7. The fourth-order valence-corrected chi connectivity index (χ4v) is 4.29. The Morgan fingerprint density at radius 1 is 1.03 bits per heavy atom. The molecule has 0 radical (unpaired) electrons. The molecule has 2 N–H and O–H groups in total. The molecule has 1 fully saturated rings. The zero-order valence-electron chi connectivity index (χ0n) is 18.9. The predicted octanol–water partition coefficient (Wildman–Crippen LogP) is 4.23. The number of hydrogen-bond donors (Lipinski definition) is 2. The van der Waals surface area contributed by atoms with Gasteiger partial charge in [-0.05, 0) is 60.8 Å². The summed E-state index contributed by atoms with van der Waals surface area (Å²) in [7, 11) is 4.92. The maximum absolute atomic E-state index is 5.56. The first-order chi connectivity index (χ1) is 15.1. The van der Waals surface area contributed by atoms with Crippen LogP contribution in [0, 0.1) is 0 Å². The summed E-state index contributed by atoms with van der Waals surface area (Å²) in [6.07, 6.45) is 3.06. The highest BCUT2D eigenvalue weighted by Crippen LogP contribution is 2.38. The fraction of sp³-hybridized carbons (Fsp3) is 0.458. The van der Waals surface area contributed by atoms with Crippen LogP contribution in [0.15, 0.2) is 36.4 Å². The topological polar surface area (TPSA) is 55.0 Å². The molecule has 31 heavy (non-hydrogen) atoms. The van der Waals surface area contributed by atoms with Crippen molar-refractivity contribution in [3.05, 3.63) is 47.5 Å². The molecular formula is C24H33N3O3S. The molecule has 3 rings (SSSR count). The first kappa shape index (κ1) is 23.2. The molecule has 1 heterocycles. The number of likely N-dealkylation sites (tertiary alicyclic amines) is 1. The van der Waals surface area contributed by atoms with E-state index in [9.17, 15) is 0 Å². The Morgan fingerprint density at radius 3 is 2.26 bits per heavy atom. The number of thiocarbonyl (C=S) groups is 1. The highest BCUT2D eigenvalue weighted by atomic mass is 32.1. The summed E-state index contributed by atoms with van der Waals surface area (Å²) in [4.78, 5) is 2.45. The normalized spacial score (nSPS) is 14.7. The first-order valence-corrected chi connectivity index (χ1v) is 11.1. The molecule has 0 atom stereocenters. The molecule has 0 bridgehead atoms. The average molecular weight is 444 g/mol. The van der Waals surface area contributed by atoms with Crippen molar-refractivity contribution in [3.8, 4) is 17.2 Å². The number of benzene rings is 2. The number of ether oxygens (including phenoxy) is 3. The smallest absolute Gasteiger partial charge is 0.203 e. The first-order valence-electron chi connectivity index (χ1n) is 10.7. The molecule has 0 aromatic heterocycles. The number of nitrogens with one attached hydrogen (secondary N) is 2. The van der Waals surface area contributed by atoms with Gasteiger partial charge in [0, 0.05) is 31.4 Å². The predicted molar refractivity (Wildman–Crippen MR) is 130 cm³/mol. The van der Waals surface area contributed by atoms with Crippen molar-refractivity contribution in [1.29, 1.82) is 0 Å². The molecule has 168 valence electrons. The van der Waals surface area contributed by atoms with Crippen LogP contribution in [0.25, 0.3) is 0 Å². The van der Waals surface area contributed by atoms with E-state index in [-0.39, 0.29) is 0 Å². The maximum Gasteiger partial charge on any atom is 0.203 e. The van der Waals surface area contributed by atoms with E-state index in [1.54, 1.807) is 21.3 Å². The Kier molecular flexibility index (Phi) is 8.37. The van der Waals surface area contributed by atoms with Crippen molar-refractivity contribution < 1.29 is 14.2 Å². The van der Waals surface area contributed by atoms with Crippen LogP contribution < -0.4 is 24.8 Å². The van der Waals surface area contributed by atoms with Gasteiger partial charge in [0.25, 0.3) is 0 Å². The lowest BCUT2D eigenvalue weighted by Crippen LogP contribution is -2.45. The molecule has 0 saturated carbocycles. The van der Waals surface area contributed by atoms with Crippen molar-refractivity contribution in [1.82, 2.24) is 10.2 Å². The standard InChI is InChI=1S/C24H33N3O3S/c1-5-18-8-6-7-9-20(18)26-24(31)25-19-10-12-27(13-11-19)16-17-14-21(28-2)23(30-4)22(15-17)29-3/h6-9,14-15,19H,5,10-13,16H2,1-4H3,(H2,25,26,31). The summed E-state index contributed by atoms with van der Waals surface area (Å²) >= 11 is 5.56. The summed E-state index contributed by atoms with van der Waals surface area (Å²) in [5.41, 5.74) is 3.50. The monoisotopic (exact) mass is 443 g/mol. The molecule has 6 nitrogen and oxygen atoms in total. The Labute approximate surface area is 190 Å². The number of piperidine rings is 1. The van der Waals surface area contributed by atoms with Gasteiger partial charge in [0.15, 0.2) is 16.6 Å². The van der Waals surface area contributed by atoms with Crippen molar-refractivity contribution in [3.63, 3.8) is 0 Å². The number of para-hydroxylation sites is 1. The summed E-state index contributed by atoms with van der Waals surface area (Å²) in [6.45, 7) is 5.00. The average Bonchev–Trinajstić information content (AvgIpc) is 2.80. The molecule has 0 spiro atoms. The summed E-state index contributed by atoms with van der Waals surface area (Å²) in [6, 6.07) is 12.7. The van der Waals surface area contributed by atoms with E-state index in [1.807, 2.05) is 18.2 Å². The number of methoxy groups -OCH3 is 3. The Bertz CT molecular complexity index is 857. The highest BCUT2D eigenvalue weighted by Gasteiger charge is 2.21. The van der Waals surface area contributed by atoms with Gasteiger partial charge in [0.05, 0.1) is 21.3 Å². The second-order valence-electron chi connectivity index (χ2n) is 7.69. The largest absolute Gasteiger partial charge is 0.493 e. The van der Waals surface area contributed by atoms with Crippen LogP contribution >= 0.6 is 12.2 Å². The molecule has 1 aliphatic heterocycles. The van der Waals surface area contributed by atoms with Gasteiger partial charge in [-0.2, -0.15) is 0 Å². The molecule has 0 amide bonds. The van der Waals surface area contributed by atoms with Crippen LogP contribution in [-0.4, -0.2) is 50.5 Å². The van der Waals surface area contributed by atoms with E-state index < -0.39 is 0 Å². The lowest BCUT2D eigenvalue weighted by atomic mass is 10.0. The van der Waals surface area contributed by atoms with Crippen molar-refractivity contribution >= 4 is 23.0 Å². The molecule has 2 aromatic carbocycles. The lowest BCUT2D eigenvalue weighted by Gasteiger charge is -2.33. The van der Waals surface area contributed by atoms with Crippen molar-refractivity contribution in [2.45, 2.75) is 38.8 Å². The van der Waals surface area contributed by atoms with Gasteiger partial charge >= 0.3 is 0 Å². The molecule has 2 aromatic rings. The molecule has 1 saturated heterocycles. The van der Waals surface area contributed by atoms with Crippen LogP contribution in [0.2, 0.25) is 0 Å². The quantitative estimate of drug-likeness (QED) is 0.592. The summed E-state index contributed by atoms with van der Waals surface area (Å²) in [5.74, 6) is 2.01. The van der Waals surface area contributed by atoms with Crippen molar-refractivity contribution in [2.24, 2.45) is 0 Å². The highest BCUT2D eigenvalue weighted by molar-refractivity contribution is 7.80. The number of hydrogen-bond acceptors (Lipinski definition) is 5. The van der Waals surface area contributed by atoms with E-state index in [1.165, 1.54) is 5.56 Å². The van der Waals surface area contributed by atoms with Crippen molar-refractivity contribution in [2.75, 3.05) is 39.7 Å². The third kappa shape index (κ3) is 6.02. The van der Waals surface area contributed by atoms with Gasteiger partial charge in [0.1, 0.15) is 0 Å². The third-order valence-electron chi connectivity index (χ3n) is 5.70. The Balaban J connectivity index is 1.52. The second-order valence-corrected chi connectivity index (χ2v) is 8.10. The Morgan fingerprint density at radius 2 is 1.68 bits per heavy atom. The number of aryl methyl sites for hydroxylation is 1. The number of nitrogens with zero attached hydrogens (tertiary/aromatic N) is 1. The second kappa shape index (κ2) is 11.2. The molecule has 7 heteroatoms. The molecule has 1 aliphatic rings. The van der Waals surface area contributed by atoms with Gasteiger partial charge in [-0.3, -0.25) is 4.90 Å². The number of rotatable bonds is 8. The van der Waals surface area contributed by atoms with Gasteiger partial charge < -0.3 is 24.8 Å². The van der Waals surface area contributed by atoms with Crippen LogP contribution in [0.5, 0.6) is 17.2 Å². The minimum Gasteiger partial charge on any atom is -0.493 e. The zero-order chi connectivity index (χ0) is 22.2. The van der Waals surface area contributed by atoms with E-state index in [0.717, 1.165) is 50.1 Å². The third-order valence-corrected chi connectivity index (χ3v) is 5.92. The van der Waals surface area contributed by atoms with E-state index in [4.69, 9.17) is 26.4 Å². The van der Waals surface area contributed by atoms with Gasteiger partial charge in [-0.1, -0.05) is 25.1 Å². The SMILES string of the molecule is CCc1ccccc1NC(=S)NC1CCN(Cc2cc(OC)c(OC)c(OC)c2)CC1. The van der Waals surface area contributed by atoms with Gasteiger partial charge in [-0.15, -0.1) is 0 Å². The maximum atomic E-state index is 5.56. The van der Waals surface area contributed by atoms with Gasteiger partial charge in [-0.25, -0.2) is 0 Å². The van der Waals surface area contributed by atoms with E-state index in [2.05, 4.69) is 40.7 Å². The summed E-state index contributed by atoms with van der Waals surface area (Å²) in [5, 5.41) is 7.55. The lowest BCUT2D eigenvalue weighted by molar-refractivity contribution is 0.198. The van der Waals surface area contributed by atoms with Crippen LogP contribution in [-0.2, 0) is 13.0 Å². The molecule has 0 aliphatic carbocycles. The molecule has 0 unspecified atom stereocenters. The van der Waals surface area contributed by atoms with E-state index in [0.29, 0.717) is 28.4 Å². The summed E-state index contributed by atoms with van der Waals surface area (Å²) < 4.78 is 16.4. The Hall–Kier alpha value is -2.51. The van der Waals surface area contributed by atoms with Crippen LogP contribution in [0.1, 0.15) is 30.9 Å². The van der Waals surface area contributed by atoms with Gasteiger partial charge in [0.2, 0.25) is 5.75 Å².